The summed E-state index contributed by atoms with van der Waals surface area (Å²) in [4.78, 5) is 2.23. The highest BCUT2D eigenvalue weighted by Gasteiger charge is 2.18. The Labute approximate surface area is 269 Å². The fourth-order valence-electron chi connectivity index (χ4n) is 5.78. The van der Waals surface area contributed by atoms with E-state index in [-0.39, 0.29) is 0 Å². The number of thiophene rings is 1. The summed E-state index contributed by atoms with van der Waals surface area (Å²) < 4.78 is 2.39. The van der Waals surface area contributed by atoms with E-state index in [1.54, 1.807) is 41.7 Å². The molecule has 0 radical (unpaired) electrons. The first-order valence-electron chi connectivity index (χ1n) is 14.4. The largest absolute Gasteiger partial charge is 0.309 e. The van der Waals surface area contributed by atoms with Crippen molar-refractivity contribution < 1.29 is 0 Å². The van der Waals surface area contributed by atoms with Crippen LogP contribution in [0.5, 0.6) is 0 Å². The molecule has 0 spiro atoms. The Hall–Kier alpha value is -6.70. The van der Waals surface area contributed by atoms with Crippen LogP contribution in [-0.4, -0.2) is 0 Å². The van der Waals surface area contributed by atoms with Crippen molar-refractivity contribution in [2.45, 2.75) is 0 Å². The predicted molar refractivity (Wildman–Crippen MR) is 184 cm³/mol. The molecule has 0 aliphatic heterocycles. The van der Waals surface area contributed by atoms with Gasteiger partial charge in [0.05, 0.1) is 44.8 Å². The molecule has 6 heteroatoms. The van der Waals surface area contributed by atoms with Gasteiger partial charge in [-0.3, -0.25) is 0 Å². The second kappa shape index (κ2) is 11.8. The van der Waals surface area contributed by atoms with Crippen molar-refractivity contribution >= 4 is 48.6 Å². The highest BCUT2D eigenvalue weighted by Crippen LogP contribution is 2.45. The van der Waals surface area contributed by atoms with E-state index in [1.165, 1.54) is 20.2 Å². The topological polar surface area (TPSA) is 98.4 Å². The van der Waals surface area contributed by atoms with Crippen molar-refractivity contribution in [2.24, 2.45) is 0 Å². The Bertz CT molecular complexity index is 2430. The molecule has 212 valence electrons. The Morgan fingerprint density at radius 2 is 1.04 bits per heavy atom. The summed E-state index contributed by atoms with van der Waals surface area (Å²) in [6.45, 7) is 0. The number of nitrogens with zero attached hydrogens (tertiary/aromatic N) is 5. The normalized spacial score (nSPS) is 10.5. The first kappa shape index (κ1) is 28.1. The van der Waals surface area contributed by atoms with Gasteiger partial charge in [-0.05, 0) is 89.0 Å². The van der Waals surface area contributed by atoms with Gasteiger partial charge in [0.15, 0.2) is 0 Å². The van der Waals surface area contributed by atoms with E-state index in [9.17, 15) is 21.0 Å². The third kappa shape index (κ3) is 4.98. The van der Waals surface area contributed by atoms with Crippen LogP contribution >= 0.6 is 11.3 Å². The van der Waals surface area contributed by atoms with Crippen LogP contribution in [0.3, 0.4) is 0 Å². The number of benzene rings is 6. The summed E-state index contributed by atoms with van der Waals surface area (Å²) in [6, 6.07) is 50.1. The van der Waals surface area contributed by atoms with Gasteiger partial charge in [-0.15, -0.1) is 11.3 Å². The van der Waals surface area contributed by atoms with E-state index in [0.29, 0.717) is 22.3 Å². The van der Waals surface area contributed by atoms with Crippen LogP contribution < -0.4 is 4.90 Å². The summed E-state index contributed by atoms with van der Waals surface area (Å²) in [6.07, 6.45) is 0. The summed E-state index contributed by atoms with van der Waals surface area (Å²) in [7, 11) is 0. The SMILES string of the molecule is N#Cc1cc(C#N)cc(-c2ccc(N(c3ccc(-c4ccc(C#N)c(C#N)c4)cc3)c3cccc4c3sc3ccccc34)cc2)c1. The van der Waals surface area contributed by atoms with Crippen molar-refractivity contribution in [3.8, 4) is 46.5 Å². The molecular weight excluding hydrogens is 583 g/mol. The van der Waals surface area contributed by atoms with Gasteiger partial charge in [-0.2, -0.15) is 21.0 Å². The Morgan fingerprint density at radius 1 is 0.457 bits per heavy atom. The minimum absolute atomic E-state index is 0.351. The average Bonchev–Trinajstić information content (AvgIpc) is 3.51. The molecule has 6 aromatic carbocycles. The summed E-state index contributed by atoms with van der Waals surface area (Å²) in [5, 5.41) is 40.3. The van der Waals surface area contributed by atoms with Gasteiger partial charge in [-0.25, -0.2) is 0 Å². The number of anilines is 3. The zero-order valence-electron chi connectivity index (χ0n) is 24.3. The van der Waals surface area contributed by atoms with Crippen molar-refractivity contribution in [2.75, 3.05) is 4.90 Å². The lowest BCUT2D eigenvalue weighted by Crippen LogP contribution is -2.10. The van der Waals surface area contributed by atoms with Gasteiger partial charge in [0.25, 0.3) is 0 Å². The highest BCUT2D eigenvalue weighted by molar-refractivity contribution is 7.26. The fraction of sp³-hybridized carbons (Fsp3) is 0. The number of rotatable bonds is 5. The number of hydrogen-bond acceptors (Lipinski definition) is 6. The van der Waals surface area contributed by atoms with Crippen LogP contribution in [0.15, 0.2) is 127 Å². The number of nitriles is 4. The van der Waals surface area contributed by atoms with E-state index in [0.717, 1.165) is 39.3 Å². The molecule has 0 atom stereocenters. The lowest BCUT2D eigenvalue weighted by molar-refractivity contribution is 1.30. The van der Waals surface area contributed by atoms with E-state index in [1.807, 2.05) is 30.3 Å². The molecule has 0 aliphatic carbocycles. The van der Waals surface area contributed by atoms with Crippen LogP contribution in [0.25, 0.3) is 42.4 Å². The maximum atomic E-state index is 9.54. The average molecular weight is 604 g/mol. The van der Waals surface area contributed by atoms with E-state index >= 15 is 0 Å². The minimum Gasteiger partial charge on any atom is -0.309 e. The van der Waals surface area contributed by atoms with Crippen LogP contribution in [-0.2, 0) is 0 Å². The van der Waals surface area contributed by atoms with Gasteiger partial charge < -0.3 is 4.90 Å². The number of hydrogen-bond donors (Lipinski definition) is 0. The van der Waals surface area contributed by atoms with Gasteiger partial charge in [-0.1, -0.05) is 60.7 Å². The van der Waals surface area contributed by atoms with Crippen molar-refractivity contribution in [3.63, 3.8) is 0 Å². The number of fused-ring (bicyclic) bond motifs is 3. The Morgan fingerprint density at radius 3 is 1.67 bits per heavy atom. The quantitative estimate of drug-likeness (QED) is 0.195. The first-order valence-corrected chi connectivity index (χ1v) is 15.2. The standard InChI is InChI=1S/C40H21N5S/c41-22-26-18-27(23-42)20-32(19-26)29-12-16-35(17-13-29)45(38-6-3-5-37-36-4-1-2-7-39(36)46-40(37)38)34-14-10-28(11-15-34)30-8-9-31(24-43)33(21-30)25-44/h1-21H. The van der Waals surface area contributed by atoms with E-state index < -0.39 is 0 Å². The monoisotopic (exact) mass is 603 g/mol. The summed E-state index contributed by atoms with van der Waals surface area (Å²) in [5.74, 6) is 0. The van der Waals surface area contributed by atoms with Gasteiger partial charge >= 0.3 is 0 Å². The van der Waals surface area contributed by atoms with E-state index in [2.05, 4.69) is 95.9 Å². The molecule has 1 aromatic heterocycles. The second-order valence-corrected chi connectivity index (χ2v) is 11.7. The van der Waals surface area contributed by atoms with E-state index in [4.69, 9.17) is 0 Å². The summed E-state index contributed by atoms with van der Waals surface area (Å²) in [5.41, 5.74) is 8.06. The van der Waals surface area contributed by atoms with Crippen molar-refractivity contribution in [3.05, 3.63) is 150 Å². The first-order chi connectivity index (χ1) is 22.6. The Kier molecular flexibility index (Phi) is 7.18. The zero-order valence-corrected chi connectivity index (χ0v) is 25.1. The minimum atomic E-state index is 0.351. The molecule has 0 N–H and O–H groups in total. The van der Waals surface area contributed by atoms with Gasteiger partial charge in [0.2, 0.25) is 0 Å². The lowest BCUT2D eigenvalue weighted by atomic mass is 9.99. The molecule has 5 nitrogen and oxygen atoms in total. The fourth-order valence-corrected chi connectivity index (χ4v) is 6.99. The zero-order chi connectivity index (χ0) is 31.6. The molecule has 0 bridgehead atoms. The van der Waals surface area contributed by atoms with Crippen LogP contribution in [0.1, 0.15) is 22.3 Å². The molecule has 46 heavy (non-hydrogen) atoms. The predicted octanol–water partition coefficient (Wildman–Crippen LogP) is 10.3. The molecule has 0 fully saturated rings. The lowest BCUT2D eigenvalue weighted by Gasteiger charge is -2.26. The molecule has 1 heterocycles. The van der Waals surface area contributed by atoms with Crippen LogP contribution in [0, 0.1) is 45.3 Å². The van der Waals surface area contributed by atoms with Gasteiger partial charge in [0, 0.05) is 26.8 Å². The maximum absolute atomic E-state index is 9.54. The van der Waals surface area contributed by atoms with Gasteiger partial charge in [0.1, 0.15) is 12.1 Å². The molecule has 0 amide bonds. The molecule has 7 rings (SSSR count). The van der Waals surface area contributed by atoms with Crippen LogP contribution in [0.2, 0.25) is 0 Å². The van der Waals surface area contributed by atoms with Crippen molar-refractivity contribution in [1.29, 1.82) is 21.0 Å². The molecule has 0 saturated carbocycles. The molecule has 7 aromatic rings. The second-order valence-electron chi connectivity index (χ2n) is 10.7. The van der Waals surface area contributed by atoms with Crippen molar-refractivity contribution in [1.82, 2.24) is 0 Å². The smallest absolute Gasteiger partial charge is 0.101 e. The Balaban J connectivity index is 1.36. The molecule has 0 saturated heterocycles. The molecular formula is C40H21N5S. The third-order valence-electron chi connectivity index (χ3n) is 7.99. The molecule has 0 aliphatic rings. The molecule has 0 unspecified atom stereocenters. The third-order valence-corrected chi connectivity index (χ3v) is 9.20. The summed E-state index contributed by atoms with van der Waals surface area (Å²) >= 11 is 1.76. The maximum Gasteiger partial charge on any atom is 0.101 e. The van der Waals surface area contributed by atoms with Crippen LogP contribution in [0.4, 0.5) is 17.1 Å². The highest BCUT2D eigenvalue weighted by atomic mass is 32.1.